The molecule has 2 saturated carbocycles. The van der Waals surface area contributed by atoms with Crippen LogP contribution in [0.2, 0.25) is 0 Å². The van der Waals surface area contributed by atoms with Gasteiger partial charge in [-0.25, -0.2) is 5.10 Å². The van der Waals surface area contributed by atoms with Gasteiger partial charge in [-0.1, -0.05) is 25.0 Å². The molecule has 12 nitrogen and oxygen atoms in total. The molecule has 1 aliphatic heterocycles. The molecule has 2 heterocycles. The summed E-state index contributed by atoms with van der Waals surface area (Å²) >= 11 is 0. The first-order valence-corrected chi connectivity index (χ1v) is 16.8. The van der Waals surface area contributed by atoms with E-state index in [-0.39, 0.29) is 42.4 Å². The largest absolute Gasteiger partial charge is 0.355 e. The van der Waals surface area contributed by atoms with Gasteiger partial charge in [-0.05, 0) is 114 Å². The number of tetrazole rings is 1. The fourth-order valence-corrected chi connectivity index (χ4v) is 8.67. The lowest BCUT2D eigenvalue weighted by molar-refractivity contribution is -0.131. The van der Waals surface area contributed by atoms with Crippen molar-refractivity contribution in [3.63, 3.8) is 0 Å². The molecule has 4 atom stereocenters. The van der Waals surface area contributed by atoms with Gasteiger partial charge in [-0.15, -0.1) is 5.10 Å². The Bertz CT molecular complexity index is 1660. The average molecular weight is 636 g/mol. The van der Waals surface area contributed by atoms with Crippen LogP contribution >= 0.6 is 0 Å². The Labute approximate surface area is 274 Å². The number of aryl methyl sites for hydroxylation is 2. The van der Waals surface area contributed by atoms with Crippen LogP contribution in [-0.2, 0) is 23.1 Å². The number of nitrogens with zero attached hydrogens (tertiary/aromatic N) is 5. The van der Waals surface area contributed by atoms with Crippen LogP contribution in [0.3, 0.4) is 0 Å². The number of aromatic amines is 1. The van der Waals surface area contributed by atoms with Crippen molar-refractivity contribution in [1.82, 2.24) is 41.5 Å². The van der Waals surface area contributed by atoms with E-state index < -0.39 is 5.41 Å². The first kappa shape index (κ1) is 31.0. The van der Waals surface area contributed by atoms with E-state index in [2.05, 4.69) is 42.6 Å². The predicted octanol–water partition coefficient (Wildman–Crippen LogP) is 2.40. The summed E-state index contributed by atoms with van der Waals surface area (Å²) in [5, 5.41) is 34.7. The molecule has 0 spiro atoms. The maximum atomic E-state index is 13.7. The number of piperidine rings is 1. The summed E-state index contributed by atoms with van der Waals surface area (Å²) in [5.74, 6) is 0.996. The molecule has 12 heteroatoms. The summed E-state index contributed by atoms with van der Waals surface area (Å²) < 4.78 is 0. The van der Waals surface area contributed by atoms with Gasteiger partial charge in [-0.2, -0.15) is 5.26 Å². The quantitative estimate of drug-likeness (QED) is 0.278. The van der Waals surface area contributed by atoms with Crippen LogP contribution in [0.1, 0.15) is 93.7 Å². The maximum absolute atomic E-state index is 13.7. The monoisotopic (exact) mass is 635 g/mol. The van der Waals surface area contributed by atoms with E-state index in [0.717, 1.165) is 60.8 Å². The van der Waals surface area contributed by atoms with Gasteiger partial charge < -0.3 is 20.9 Å². The van der Waals surface area contributed by atoms with Crippen molar-refractivity contribution in [2.45, 2.75) is 81.3 Å². The van der Waals surface area contributed by atoms with Gasteiger partial charge in [-0.3, -0.25) is 14.4 Å². The zero-order valence-corrected chi connectivity index (χ0v) is 26.9. The number of carbonyl (C=O) groups excluding carboxylic acids is 3. The standard InChI is InChI=1S/C35H41N9O3/c1-37-32(46)23-9-11-27-21(13-23)7-8-22-14-24(33(47)38-2)10-12-28(22)35(27,34-40-42-43-41-34)17-29(20-5-3-4-6-20)39-19-31(45)44-26(18-36)15-25-16-30(25)44/h9-14,20,25-26,29-30,39H,3-8,15-17,19H2,1-2H3,(H,37,46)(H,38,47)(H,40,41,42,43)/t25-,26+,29+,30+/m1/s1. The van der Waals surface area contributed by atoms with Crippen LogP contribution in [0, 0.1) is 23.2 Å². The van der Waals surface area contributed by atoms with Gasteiger partial charge in [0, 0.05) is 37.3 Å². The Morgan fingerprint density at radius 2 is 1.64 bits per heavy atom. The number of amides is 3. The fraction of sp³-hybridized carbons (Fsp3) is 0.514. The highest BCUT2D eigenvalue weighted by molar-refractivity contribution is 5.95. The van der Waals surface area contributed by atoms with E-state index in [4.69, 9.17) is 0 Å². The number of hydrogen-bond acceptors (Lipinski definition) is 8. The maximum Gasteiger partial charge on any atom is 0.251 e. The number of fused-ring (bicyclic) bond motifs is 3. The molecule has 244 valence electrons. The van der Waals surface area contributed by atoms with Gasteiger partial charge in [0.1, 0.15) is 6.04 Å². The number of hydrogen-bond donors (Lipinski definition) is 4. The van der Waals surface area contributed by atoms with Crippen molar-refractivity contribution >= 4 is 17.7 Å². The smallest absolute Gasteiger partial charge is 0.251 e. The van der Waals surface area contributed by atoms with Crippen LogP contribution in [0.5, 0.6) is 0 Å². The number of benzene rings is 2. The number of likely N-dealkylation sites (tertiary alicyclic amines) is 1. The number of rotatable bonds is 9. The van der Waals surface area contributed by atoms with Crippen LogP contribution < -0.4 is 16.0 Å². The minimum atomic E-state index is -0.874. The van der Waals surface area contributed by atoms with Crippen LogP contribution in [0.25, 0.3) is 0 Å². The van der Waals surface area contributed by atoms with E-state index in [9.17, 15) is 19.6 Å². The predicted molar refractivity (Wildman–Crippen MR) is 172 cm³/mol. The zero-order valence-electron chi connectivity index (χ0n) is 26.9. The highest BCUT2D eigenvalue weighted by Gasteiger charge is 2.54. The second-order valence-electron chi connectivity index (χ2n) is 13.5. The number of carbonyl (C=O) groups is 3. The van der Waals surface area contributed by atoms with Crippen LogP contribution in [-0.4, -0.2) is 82.0 Å². The third-order valence-electron chi connectivity index (χ3n) is 11.1. The minimum Gasteiger partial charge on any atom is -0.355 e. The summed E-state index contributed by atoms with van der Waals surface area (Å²) in [6.45, 7) is 0.151. The summed E-state index contributed by atoms with van der Waals surface area (Å²) in [7, 11) is 3.25. The Morgan fingerprint density at radius 3 is 2.19 bits per heavy atom. The SMILES string of the molecule is CNC(=O)c1ccc2c(c1)CCc1cc(C(=O)NC)ccc1C2(C[C@H](NCC(=O)N1[C@H](C#N)C[C@@H]2C[C@@H]21)C1CCCC1)c1nnn[nH]1. The van der Waals surface area contributed by atoms with E-state index in [1.54, 1.807) is 14.1 Å². The molecule has 3 aliphatic carbocycles. The fourth-order valence-electron chi connectivity index (χ4n) is 8.67. The second-order valence-corrected chi connectivity index (χ2v) is 13.5. The van der Waals surface area contributed by atoms with Gasteiger partial charge in [0.25, 0.3) is 11.8 Å². The molecule has 3 fully saturated rings. The number of H-pyrrole nitrogens is 1. The van der Waals surface area contributed by atoms with Crippen molar-refractivity contribution in [3.05, 3.63) is 75.6 Å². The van der Waals surface area contributed by atoms with E-state index in [1.165, 1.54) is 0 Å². The molecule has 0 radical (unpaired) electrons. The Balaban J connectivity index is 1.34. The van der Waals surface area contributed by atoms with Crippen molar-refractivity contribution in [1.29, 1.82) is 5.26 Å². The first-order valence-electron chi connectivity index (χ1n) is 16.8. The van der Waals surface area contributed by atoms with E-state index >= 15 is 0 Å². The summed E-state index contributed by atoms with van der Waals surface area (Å²) in [6, 6.07) is 13.8. The van der Waals surface area contributed by atoms with Crippen molar-refractivity contribution < 1.29 is 14.4 Å². The molecular weight excluding hydrogens is 594 g/mol. The molecule has 4 aliphatic rings. The second kappa shape index (κ2) is 12.5. The zero-order chi connectivity index (χ0) is 32.7. The highest BCUT2D eigenvalue weighted by Crippen LogP contribution is 2.49. The van der Waals surface area contributed by atoms with Gasteiger partial charge in [0.15, 0.2) is 5.82 Å². The Kier molecular flexibility index (Phi) is 8.26. The molecule has 3 aromatic rings. The third kappa shape index (κ3) is 5.46. The summed E-state index contributed by atoms with van der Waals surface area (Å²) in [4.78, 5) is 41.0. The molecule has 2 aromatic carbocycles. The van der Waals surface area contributed by atoms with Crippen LogP contribution in [0.15, 0.2) is 36.4 Å². The lowest BCUT2D eigenvalue weighted by Gasteiger charge is -2.39. The molecule has 47 heavy (non-hydrogen) atoms. The lowest BCUT2D eigenvalue weighted by Crippen LogP contribution is -2.49. The highest BCUT2D eigenvalue weighted by atomic mass is 16.2. The normalized spacial score (nSPS) is 23.1. The topological polar surface area (TPSA) is 169 Å². The van der Waals surface area contributed by atoms with E-state index in [1.807, 2.05) is 41.3 Å². The average Bonchev–Trinajstić information content (AvgIpc) is 3.52. The molecule has 4 N–H and O–H groups in total. The molecular formula is C35H41N9O3. The van der Waals surface area contributed by atoms with Gasteiger partial charge in [0.2, 0.25) is 5.91 Å². The Hall–Kier alpha value is -4.63. The lowest BCUT2D eigenvalue weighted by atomic mass is 9.66. The molecule has 1 aromatic heterocycles. The molecule has 0 bridgehead atoms. The minimum absolute atomic E-state index is 0.0213. The number of aromatic nitrogens is 4. The molecule has 1 saturated heterocycles. The van der Waals surface area contributed by atoms with Crippen molar-refractivity contribution in [2.75, 3.05) is 20.6 Å². The van der Waals surface area contributed by atoms with Crippen molar-refractivity contribution in [3.8, 4) is 6.07 Å². The summed E-state index contributed by atoms with van der Waals surface area (Å²) in [5.41, 5.74) is 4.28. The Morgan fingerprint density at radius 1 is 1.00 bits per heavy atom. The number of nitriles is 1. The van der Waals surface area contributed by atoms with E-state index in [0.29, 0.717) is 48.0 Å². The molecule has 3 amide bonds. The van der Waals surface area contributed by atoms with Crippen molar-refractivity contribution in [2.24, 2.45) is 11.8 Å². The van der Waals surface area contributed by atoms with Gasteiger partial charge >= 0.3 is 0 Å². The number of nitrogens with one attached hydrogen (secondary N) is 4. The molecule has 7 rings (SSSR count). The third-order valence-corrected chi connectivity index (χ3v) is 11.1. The first-order chi connectivity index (χ1) is 22.9. The van der Waals surface area contributed by atoms with Gasteiger partial charge in [0.05, 0.1) is 18.0 Å². The molecule has 0 unspecified atom stereocenters. The van der Waals surface area contributed by atoms with Crippen LogP contribution in [0.4, 0.5) is 0 Å². The summed E-state index contributed by atoms with van der Waals surface area (Å²) in [6.07, 6.45) is 7.94.